The molecule has 4 aromatic rings. The molecular formula is C20H16ClN3O2S2. The SMILES string of the molecule is Cc1ccsc1-c1cc(-c2ccc(Cl)cc2)n(-c2ccc(S(N)(=O)=O)cc2)n1. The van der Waals surface area contributed by atoms with Crippen molar-refractivity contribution in [3.63, 3.8) is 0 Å². The molecule has 2 heterocycles. The molecule has 142 valence electrons. The van der Waals surface area contributed by atoms with Gasteiger partial charge < -0.3 is 0 Å². The molecule has 28 heavy (non-hydrogen) atoms. The van der Waals surface area contributed by atoms with Gasteiger partial charge in [-0.05, 0) is 66.4 Å². The van der Waals surface area contributed by atoms with E-state index in [0.717, 1.165) is 33.1 Å². The largest absolute Gasteiger partial charge is 0.238 e. The monoisotopic (exact) mass is 429 g/mol. The summed E-state index contributed by atoms with van der Waals surface area (Å²) in [4.78, 5) is 1.15. The Morgan fingerprint density at radius 2 is 1.71 bits per heavy atom. The lowest BCUT2D eigenvalue weighted by Gasteiger charge is -2.08. The molecule has 2 aromatic heterocycles. The zero-order valence-corrected chi connectivity index (χ0v) is 17.2. The van der Waals surface area contributed by atoms with Gasteiger partial charge in [0.15, 0.2) is 0 Å². The predicted molar refractivity (Wildman–Crippen MR) is 113 cm³/mol. The van der Waals surface area contributed by atoms with E-state index in [1.807, 2.05) is 42.6 Å². The van der Waals surface area contributed by atoms with Crippen molar-refractivity contribution in [3.8, 4) is 27.5 Å². The number of aryl methyl sites for hydroxylation is 1. The number of hydrogen-bond acceptors (Lipinski definition) is 4. The van der Waals surface area contributed by atoms with Crippen LogP contribution < -0.4 is 5.14 Å². The van der Waals surface area contributed by atoms with Gasteiger partial charge in [-0.15, -0.1) is 11.3 Å². The van der Waals surface area contributed by atoms with E-state index in [1.165, 1.54) is 12.1 Å². The van der Waals surface area contributed by atoms with Crippen LogP contribution in [-0.2, 0) is 10.0 Å². The third-order valence-corrected chi connectivity index (χ3v) is 6.57. The zero-order chi connectivity index (χ0) is 19.9. The number of aromatic nitrogens is 2. The highest BCUT2D eigenvalue weighted by molar-refractivity contribution is 7.89. The van der Waals surface area contributed by atoms with Crippen molar-refractivity contribution < 1.29 is 8.42 Å². The summed E-state index contributed by atoms with van der Waals surface area (Å²) in [6, 6.07) is 17.9. The molecule has 0 aliphatic carbocycles. The maximum atomic E-state index is 11.5. The highest BCUT2D eigenvalue weighted by Crippen LogP contribution is 2.33. The molecule has 0 saturated heterocycles. The Labute approximate surface area is 172 Å². The molecule has 5 nitrogen and oxygen atoms in total. The Morgan fingerprint density at radius 3 is 2.29 bits per heavy atom. The van der Waals surface area contributed by atoms with E-state index in [4.69, 9.17) is 21.8 Å². The van der Waals surface area contributed by atoms with E-state index < -0.39 is 10.0 Å². The van der Waals surface area contributed by atoms with Gasteiger partial charge in [-0.25, -0.2) is 18.2 Å². The third kappa shape index (κ3) is 3.62. The summed E-state index contributed by atoms with van der Waals surface area (Å²) in [7, 11) is -3.75. The van der Waals surface area contributed by atoms with Crippen LogP contribution in [0.3, 0.4) is 0 Å². The molecule has 0 unspecified atom stereocenters. The fourth-order valence-corrected chi connectivity index (χ4v) is 4.45. The first kappa shape index (κ1) is 18.9. The van der Waals surface area contributed by atoms with E-state index in [2.05, 4.69) is 6.07 Å². The van der Waals surface area contributed by atoms with Crippen LogP contribution in [0.4, 0.5) is 0 Å². The topological polar surface area (TPSA) is 78.0 Å². The number of hydrogen-bond donors (Lipinski definition) is 1. The normalized spacial score (nSPS) is 11.7. The van der Waals surface area contributed by atoms with E-state index in [1.54, 1.807) is 28.2 Å². The molecule has 0 bridgehead atoms. The molecule has 0 amide bonds. The highest BCUT2D eigenvalue weighted by Gasteiger charge is 2.16. The van der Waals surface area contributed by atoms with Gasteiger partial charge in [0.1, 0.15) is 5.69 Å². The van der Waals surface area contributed by atoms with Crippen molar-refractivity contribution in [1.29, 1.82) is 0 Å². The van der Waals surface area contributed by atoms with Gasteiger partial charge in [-0.1, -0.05) is 23.7 Å². The zero-order valence-electron chi connectivity index (χ0n) is 14.8. The molecular weight excluding hydrogens is 414 g/mol. The fraction of sp³-hybridized carbons (Fsp3) is 0.0500. The molecule has 4 rings (SSSR count). The standard InChI is InChI=1S/C20H16ClN3O2S2/c1-13-10-11-27-20(13)18-12-19(14-2-4-15(21)5-3-14)24(23-18)16-6-8-17(9-7-16)28(22,25)26/h2-12H,1H3,(H2,22,25,26). The van der Waals surface area contributed by atoms with Crippen molar-refractivity contribution in [2.75, 3.05) is 0 Å². The fourth-order valence-electron chi connectivity index (χ4n) is 2.93. The minimum atomic E-state index is -3.75. The second kappa shape index (κ2) is 7.18. The summed E-state index contributed by atoms with van der Waals surface area (Å²) < 4.78 is 24.9. The molecule has 0 aliphatic rings. The van der Waals surface area contributed by atoms with E-state index in [-0.39, 0.29) is 4.90 Å². The van der Waals surface area contributed by atoms with Crippen LogP contribution in [0.15, 0.2) is 70.9 Å². The number of nitrogens with zero attached hydrogens (tertiary/aromatic N) is 2. The van der Waals surface area contributed by atoms with E-state index >= 15 is 0 Å². The summed E-state index contributed by atoms with van der Waals surface area (Å²) in [5.74, 6) is 0. The number of benzene rings is 2. The summed E-state index contributed by atoms with van der Waals surface area (Å²) in [6.45, 7) is 2.05. The van der Waals surface area contributed by atoms with E-state index in [9.17, 15) is 8.42 Å². The Bertz CT molecular complexity index is 1240. The smallest absolute Gasteiger partial charge is 0.232 e. The lowest BCUT2D eigenvalue weighted by molar-refractivity contribution is 0.598. The predicted octanol–water partition coefficient (Wildman–Crippen LogP) is 4.88. The van der Waals surface area contributed by atoms with Gasteiger partial charge >= 0.3 is 0 Å². The van der Waals surface area contributed by atoms with Crippen LogP contribution in [0.1, 0.15) is 5.56 Å². The van der Waals surface area contributed by atoms with Crippen molar-refractivity contribution in [2.45, 2.75) is 11.8 Å². The molecule has 0 atom stereocenters. The van der Waals surface area contributed by atoms with Crippen LogP contribution in [0.5, 0.6) is 0 Å². The van der Waals surface area contributed by atoms with E-state index in [0.29, 0.717) is 5.02 Å². The number of primary sulfonamides is 1. The average Bonchev–Trinajstić information content (AvgIpc) is 3.28. The van der Waals surface area contributed by atoms with Crippen LogP contribution in [0.25, 0.3) is 27.5 Å². The minimum absolute atomic E-state index is 0.0609. The molecule has 0 spiro atoms. The number of thiophene rings is 1. The second-order valence-corrected chi connectivity index (χ2v) is 9.22. The lowest BCUT2D eigenvalue weighted by atomic mass is 10.1. The molecule has 8 heteroatoms. The molecule has 0 saturated carbocycles. The molecule has 0 aliphatic heterocycles. The summed E-state index contributed by atoms with van der Waals surface area (Å²) in [5, 5.41) is 12.7. The van der Waals surface area contributed by atoms with Crippen molar-refractivity contribution >= 4 is 33.0 Å². The Balaban J connectivity index is 1.88. The van der Waals surface area contributed by atoms with Crippen molar-refractivity contribution in [2.24, 2.45) is 5.14 Å². The van der Waals surface area contributed by atoms with Gasteiger partial charge in [0.05, 0.1) is 21.2 Å². The van der Waals surface area contributed by atoms with Crippen molar-refractivity contribution in [1.82, 2.24) is 9.78 Å². The first-order valence-corrected chi connectivity index (χ1v) is 11.2. The van der Waals surface area contributed by atoms with Gasteiger partial charge in [-0.2, -0.15) is 5.10 Å². The number of sulfonamides is 1. The van der Waals surface area contributed by atoms with Gasteiger partial charge in [0.2, 0.25) is 10.0 Å². The maximum absolute atomic E-state index is 11.5. The van der Waals surface area contributed by atoms with Gasteiger partial charge in [-0.3, -0.25) is 0 Å². The summed E-state index contributed by atoms with van der Waals surface area (Å²) in [6.07, 6.45) is 0. The van der Waals surface area contributed by atoms with Crippen LogP contribution in [0.2, 0.25) is 5.02 Å². The minimum Gasteiger partial charge on any atom is -0.232 e. The molecule has 2 N–H and O–H groups in total. The maximum Gasteiger partial charge on any atom is 0.238 e. The first-order valence-electron chi connectivity index (χ1n) is 8.36. The number of nitrogens with two attached hydrogens (primary N) is 1. The number of halogens is 1. The molecule has 0 radical (unpaired) electrons. The number of rotatable bonds is 4. The molecule has 0 fully saturated rings. The second-order valence-electron chi connectivity index (χ2n) is 6.31. The highest BCUT2D eigenvalue weighted by atomic mass is 35.5. The Morgan fingerprint density at radius 1 is 1.04 bits per heavy atom. The van der Waals surface area contributed by atoms with Crippen LogP contribution in [-0.4, -0.2) is 18.2 Å². The van der Waals surface area contributed by atoms with Gasteiger partial charge in [0, 0.05) is 10.6 Å². The van der Waals surface area contributed by atoms with Gasteiger partial charge in [0.25, 0.3) is 0 Å². The third-order valence-electron chi connectivity index (χ3n) is 4.35. The van der Waals surface area contributed by atoms with Crippen LogP contribution in [0, 0.1) is 6.92 Å². The summed E-state index contributed by atoms with van der Waals surface area (Å²) in [5.41, 5.74) is 4.57. The van der Waals surface area contributed by atoms with Crippen molar-refractivity contribution in [3.05, 3.63) is 76.6 Å². The Hall–Kier alpha value is -2.45. The molecule has 2 aromatic carbocycles. The quantitative estimate of drug-likeness (QED) is 0.502. The van der Waals surface area contributed by atoms with Crippen LogP contribution >= 0.6 is 22.9 Å². The average molecular weight is 430 g/mol. The first-order chi connectivity index (χ1) is 13.3. The Kier molecular flexibility index (Phi) is 4.84. The summed E-state index contributed by atoms with van der Waals surface area (Å²) >= 11 is 7.66. The lowest BCUT2D eigenvalue weighted by Crippen LogP contribution is -2.12.